The van der Waals surface area contributed by atoms with Gasteiger partial charge >= 0.3 is 6.18 Å². The molecule has 100 valence electrons. The highest BCUT2D eigenvalue weighted by Gasteiger charge is 2.38. The van der Waals surface area contributed by atoms with Crippen LogP contribution >= 0.6 is 23.2 Å². The molecule has 2 heterocycles. The maximum Gasteiger partial charge on any atom is 0.433 e. The first kappa shape index (κ1) is 13.8. The van der Waals surface area contributed by atoms with Gasteiger partial charge < -0.3 is 0 Å². The van der Waals surface area contributed by atoms with Gasteiger partial charge in [0.1, 0.15) is 10.8 Å². The van der Waals surface area contributed by atoms with E-state index in [4.69, 9.17) is 23.2 Å². The molecule has 2 aromatic rings. The van der Waals surface area contributed by atoms with Gasteiger partial charge in [0.05, 0.1) is 18.0 Å². The summed E-state index contributed by atoms with van der Waals surface area (Å²) in [6.45, 7) is 0. The first-order valence-corrected chi connectivity index (χ1v) is 5.39. The maximum atomic E-state index is 12.6. The Balaban J connectivity index is 2.48. The van der Waals surface area contributed by atoms with Crippen molar-refractivity contribution in [1.29, 1.82) is 0 Å². The molecule has 1 N–H and O–H groups in total. The predicted molar refractivity (Wildman–Crippen MR) is 59.1 cm³/mol. The number of nitrogens with zero attached hydrogens (tertiary/aromatic N) is 3. The second-order valence-electron chi connectivity index (χ2n) is 3.32. The number of alkyl halides is 3. The van der Waals surface area contributed by atoms with Crippen LogP contribution in [0.1, 0.15) is 21.7 Å². The van der Waals surface area contributed by atoms with Crippen molar-refractivity contribution in [3.8, 4) is 0 Å². The lowest BCUT2D eigenvalue weighted by Gasteiger charge is -2.06. The first-order chi connectivity index (χ1) is 8.80. The van der Waals surface area contributed by atoms with Crippen molar-refractivity contribution in [2.24, 2.45) is 0 Å². The largest absolute Gasteiger partial charge is 0.433 e. The molecule has 2 rings (SSSR count). The summed E-state index contributed by atoms with van der Waals surface area (Å²) in [4.78, 5) is 19.0. The molecule has 2 aromatic heterocycles. The molecule has 0 unspecified atom stereocenters. The van der Waals surface area contributed by atoms with Crippen molar-refractivity contribution in [1.82, 2.24) is 20.2 Å². The van der Waals surface area contributed by atoms with E-state index in [1.165, 1.54) is 0 Å². The fourth-order valence-corrected chi connectivity index (χ4v) is 1.70. The molecular formula is C9H3Cl2F3N4O. The lowest BCUT2D eigenvalue weighted by atomic mass is 10.1. The zero-order chi connectivity index (χ0) is 14.2. The smallest absolute Gasteiger partial charge is 0.287 e. The number of H-pyrrole nitrogens is 1. The van der Waals surface area contributed by atoms with Crippen LogP contribution in [0.15, 0.2) is 12.4 Å². The molecule has 0 aliphatic rings. The van der Waals surface area contributed by atoms with Crippen molar-refractivity contribution >= 4 is 29.0 Å². The zero-order valence-corrected chi connectivity index (χ0v) is 10.3. The summed E-state index contributed by atoms with van der Waals surface area (Å²) in [7, 11) is 0. The number of carbonyl (C=O) groups excluding carboxylic acids is 1. The van der Waals surface area contributed by atoms with Crippen LogP contribution in [-0.2, 0) is 6.18 Å². The number of carbonyl (C=O) groups is 1. The van der Waals surface area contributed by atoms with E-state index in [0.29, 0.717) is 0 Å². The van der Waals surface area contributed by atoms with Crippen LogP contribution in [0, 0.1) is 0 Å². The molecule has 5 nitrogen and oxygen atoms in total. The van der Waals surface area contributed by atoms with Gasteiger partial charge in [-0.05, 0) is 0 Å². The van der Waals surface area contributed by atoms with Crippen LogP contribution in [0.3, 0.4) is 0 Å². The topological polar surface area (TPSA) is 71.5 Å². The first-order valence-electron chi connectivity index (χ1n) is 4.64. The van der Waals surface area contributed by atoms with Gasteiger partial charge in [-0.15, -0.1) is 0 Å². The minimum absolute atomic E-state index is 0.0789. The molecule has 0 spiro atoms. The Morgan fingerprint density at radius 1 is 1.26 bits per heavy atom. The predicted octanol–water partition coefficient (Wildman–Crippen LogP) is 2.76. The molecule has 0 saturated carbocycles. The quantitative estimate of drug-likeness (QED) is 0.866. The summed E-state index contributed by atoms with van der Waals surface area (Å²) in [5.74, 6) is -1.05. The van der Waals surface area contributed by atoms with E-state index < -0.39 is 28.9 Å². The number of aromatic nitrogens is 4. The molecule has 0 amide bonds. The Morgan fingerprint density at radius 3 is 2.53 bits per heavy atom. The average Bonchev–Trinajstić information content (AvgIpc) is 2.76. The number of hydrogen-bond donors (Lipinski definition) is 1. The fourth-order valence-electron chi connectivity index (χ4n) is 1.30. The van der Waals surface area contributed by atoms with E-state index in [0.717, 1.165) is 12.4 Å². The van der Waals surface area contributed by atoms with Crippen molar-refractivity contribution in [3.63, 3.8) is 0 Å². The summed E-state index contributed by atoms with van der Waals surface area (Å²) in [6, 6.07) is 0. The van der Waals surface area contributed by atoms with Crippen LogP contribution in [0.2, 0.25) is 10.3 Å². The second-order valence-corrected chi connectivity index (χ2v) is 4.06. The molecule has 0 aromatic carbocycles. The molecule has 10 heteroatoms. The lowest BCUT2D eigenvalue weighted by Crippen LogP contribution is -2.14. The lowest BCUT2D eigenvalue weighted by molar-refractivity contribution is -0.141. The van der Waals surface area contributed by atoms with Crippen molar-refractivity contribution in [2.45, 2.75) is 6.18 Å². The molecule has 0 saturated heterocycles. The molecular weight excluding hydrogens is 308 g/mol. The Bertz CT molecular complexity index is 641. The summed E-state index contributed by atoms with van der Waals surface area (Å²) in [5.41, 5.74) is -2.39. The number of aromatic amines is 1. The zero-order valence-electron chi connectivity index (χ0n) is 8.79. The van der Waals surface area contributed by atoms with Crippen LogP contribution in [0.25, 0.3) is 0 Å². The maximum absolute atomic E-state index is 12.6. The van der Waals surface area contributed by atoms with Crippen LogP contribution < -0.4 is 0 Å². The van der Waals surface area contributed by atoms with Crippen molar-refractivity contribution < 1.29 is 18.0 Å². The van der Waals surface area contributed by atoms with E-state index >= 15 is 0 Å². The van der Waals surface area contributed by atoms with Crippen molar-refractivity contribution in [2.75, 3.05) is 0 Å². The number of nitrogens with one attached hydrogen (secondary N) is 1. The summed E-state index contributed by atoms with van der Waals surface area (Å²) in [5, 5.41) is 4.45. The Labute approximate surface area is 113 Å². The molecule has 0 radical (unpaired) electrons. The minimum atomic E-state index is -4.74. The molecule has 0 aliphatic heterocycles. The highest BCUT2D eigenvalue weighted by Crippen LogP contribution is 2.31. The molecule has 0 aliphatic carbocycles. The van der Waals surface area contributed by atoms with Crippen LogP contribution in [-0.4, -0.2) is 25.9 Å². The highest BCUT2D eigenvalue weighted by molar-refractivity contribution is 6.35. The molecule has 0 fully saturated rings. The minimum Gasteiger partial charge on any atom is -0.287 e. The fraction of sp³-hybridized carbons (Fsp3) is 0.111. The Kier molecular flexibility index (Phi) is 3.46. The summed E-state index contributed by atoms with van der Waals surface area (Å²) in [6.07, 6.45) is -2.99. The number of ketones is 1. The molecule has 19 heavy (non-hydrogen) atoms. The Morgan fingerprint density at radius 2 is 1.95 bits per heavy atom. The van der Waals surface area contributed by atoms with E-state index in [1.54, 1.807) is 5.10 Å². The Hall–Kier alpha value is -1.67. The van der Waals surface area contributed by atoms with E-state index in [1.807, 2.05) is 0 Å². The normalized spacial score (nSPS) is 11.6. The van der Waals surface area contributed by atoms with E-state index in [-0.39, 0.29) is 10.3 Å². The van der Waals surface area contributed by atoms with Crippen molar-refractivity contribution in [3.05, 3.63) is 39.7 Å². The van der Waals surface area contributed by atoms with Gasteiger partial charge in [0.15, 0.2) is 10.8 Å². The third-order valence-electron chi connectivity index (χ3n) is 2.08. The molecule has 0 atom stereocenters. The van der Waals surface area contributed by atoms with Crippen LogP contribution in [0.4, 0.5) is 13.2 Å². The van der Waals surface area contributed by atoms with Gasteiger partial charge in [-0.2, -0.15) is 18.3 Å². The third-order valence-corrected chi connectivity index (χ3v) is 2.53. The SMILES string of the molecule is O=C(c1cn[nH]c1C(F)(F)F)c1ncc(Cl)nc1Cl. The monoisotopic (exact) mass is 310 g/mol. The average molecular weight is 311 g/mol. The van der Waals surface area contributed by atoms with Gasteiger partial charge in [0.25, 0.3) is 0 Å². The number of halogens is 5. The third kappa shape index (κ3) is 2.69. The van der Waals surface area contributed by atoms with Gasteiger partial charge in [0, 0.05) is 0 Å². The number of rotatable bonds is 2. The van der Waals surface area contributed by atoms with Gasteiger partial charge in [-0.3, -0.25) is 9.89 Å². The van der Waals surface area contributed by atoms with Gasteiger partial charge in [-0.25, -0.2) is 9.97 Å². The second kappa shape index (κ2) is 4.78. The highest BCUT2D eigenvalue weighted by atomic mass is 35.5. The summed E-state index contributed by atoms with van der Waals surface area (Å²) < 4.78 is 37.8. The summed E-state index contributed by atoms with van der Waals surface area (Å²) >= 11 is 11.1. The van der Waals surface area contributed by atoms with Gasteiger partial charge in [-0.1, -0.05) is 23.2 Å². The van der Waals surface area contributed by atoms with E-state index in [2.05, 4.69) is 15.1 Å². The molecule has 0 bridgehead atoms. The number of hydrogen-bond acceptors (Lipinski definition) is 4. The van der Waals surface area contributed by atoms with E-state index in [9.17, 15) is 18.0 Å². The standard InChI is InChI=1S/C9H3Cl2F3N4O/c10-4-2-15-5(8(11)17-4)6(19)3-1-16-18-7(3)9(12,13)14/h1-2H,(H,16,18). The van der Waals surface area contributed by atoms with Gasteiger partial charge in [0.2, 0.25) is 5.78 Å². The van der Waals surface area contributed by atoms with Crippen LogP contribution in [0.5, 0.6) is 0 Å².